The highest BCUT2D eigenvalue weighted by atomic mass is 14.9. The first kappa shape index (κ1) is 71.3. The fraction of sp³-hybridized carbons (Fsp3) is 0. The fourth-order valence-electron chi connectivity index (χ4n) is 16.2. The summed E-state index contributed by atoms with van der Waals surface area (Å²) in [6.07, 6.45) is 0. The number of nitrogens with zero attached hydrogens (tertiary/aromatic N) is 6. The van der Waals surface area contributed by atoms with Crippen molar-refractivity contribution in [2.75, 3.05) is 0 Å². The third kappa shape index (κ3) is 14.6. The lowest BCUT2D eigenvalue weighted by Gasteiger charge is -2.15. The maximum Gasteiger partial charge on any atom is 0.160 e. The largest absolute Gasteiger partial charge is 0.247 e. The molecule has 0 radical (unpaired) electrons. The van der Waals surface area contributed by atoms with E-state index >= 15 is 0 Å². The van der Waals surface area contributed by atoms with Crippen molar-refractivity contribution in [1.29, 1.82) is 0 Å². The molecule has 6 heteroatoms. The van der Waals surface area contributed by atoms with Crippen LogP contribution in [0.2, 0.25) is 0 Å². The molecule has 21 rings (SSSR count). The van der Waals surface area contributed by atoms with Gasteiger partial charge in [-0.1, -0.05) is 413 Å². The topological polar surface area (TPSA) is 77.3 Å². The first-order valence-corrected chi connectivity index (χ1v) is 39.9. The van der Waals surface area contributed by atoms with Crippen LogP contribution in [-0.4, -0.2) is 29.9 Å². The monoisotopic (exact) mass is 1500 g/mol. The Morgan fingerprint density at radius 2 is 0.347 bits per heavy atom. The van der Waals surface area contributed by atoms with E-state index in [-0.39, 0.29) is 0 Å². The number of rotatable bonds is 15. The number of hydrogen-bond acceptors (Lipinski definition) is 6. The molecule has 552 valence electrons. The van der Waals surface area contributed by atoms with Gasteiger partial charge in [-0.3, -0.25) is 0 Å². The van der Waals surface area contributed by atoms with Gasteiger partial charge in [0.15, 0.2) is 11.6 Å². The molecule has 0 saturated heterocycles. The van der Waals surface area contributed by atoms with E-state index in [1.54, 1.807) is 0 Å². The summed E-state index contributed by atoms with van der Waals surface area (Å²) in [4.78, 5) is 31.1. The Hall–Kier alpha value is -15.8. The van der Waals surface area contributed by atoms with E-state index in [4.69, 9.17) is 29.9 Å². The second-order valence-electron chi connectivity index (χ2n) is 29.6. The van der Waals surface area contributed by atoms with Crippen molar-refractivity contribution in [2.45, 2.75) is 0 Å². The molecule has 17 aromatic carbocycles. The molecule has 0 fully saturated rings. The van der Waals surface area contributed by atoms with Crippen LogP contribution in [0.3, 0.4) is 0 Å². The Kier molecular flexibility index (Phi) is 19.3. The number of benzene rings is 17. The van der Waals surface area contributed by atoms with Crippen LogP contribution in [0.5, 0.6) is 0 Å². The van der Waals surface area contributed by atoms with Crippen molar-refractivity contribution in [3.05, 3.63) is 449 Å². The second kappa shape index (κ2) is 32.0. The maximum atomic E-state index is 5.29. The molecule has 4 aromatic heterocycles. The molecular formula is C112H74N6. The van der Waals surface area contributed by atoms with E-state index in [9.17, 15) is 0 Å². The van der Waals surface area contributed by atoms with Gasteiger partial charge in [-0.2, -0.15) is 0 Å². The van der Waals surface area contributed by atoms with Gasteiger partial charge in [0.25, 0.3) is 0 Å². The third-order valence-corrected chi connectivity index (χ3v) is 22.2. The van der Waals surface area contributed by atoms with E-state index in [1.807, 2.05) is 36.4 Å². The number of aromatic nitrogens is 6. The van der Waals surface area contributed by atoms with Crippen molar-refractivity contribution >= 4 is 43.4 Å². The molecule has 118 heavy (non-hydrogen) atoms. The highest BCUT2D eigenvalue weighted by Gasteiger charge is 2.21. The quantitative estimate of drug-likeness (QED) is 0.0952. The summed E-state index contributed by atoms with van der Waals surface area (Å²) in [6, 6.07) is 158. The highest BCUT2D eigenvalue weighted by Crippen LogP contribution is 2.44. The average Bonchev–Trinajstić information content (AvgIpc) is 0.743. The van der Waals surface area contributed by atoms with Gasteiger partial charge in [-0.05, 0) is 114 Å². The van der Waals surface area contributed by atoms with Crippen molar-refractivity contribution < 1.29 is 0 Å². The van der Waals surface area contributed by atoms with Crippen molar-refractivity contribution in [2.24, 2.45) is 0 Å². The van der Waals surface area contributed by atoms with Gasteiger partial charge in [-0.25, -0.2) is 29.9 Å². The molecule has 0 aliphatic carbocycles. The lowest BCUT2D eigenvalue weighted by atomic mass is 9.91. The predicted molar refractivity (Wildman–Crippen MR) is 491 cm³/mol. The Labute approximate surface area is 685 Å². The smallest absolute Gasteiger partial charge is 0.160 e. The molecule has 0 aliphatic rings. The van der Waals surface area contributed by atoms with Crippen LogP contribution in [0.4, 0.5) is 0 Å². The molecule has 0 bridgehead atoms. The van der Waals surface area contributed by atoms with Crippen molar-refractivity contribution in [1.82, 2.24) is 29.9 Å². The Balaban J connectivity index is 0.000000152. The fourth-order valence-corrected chi connectivity index (χ4v) is 16.2. The van der Waals surface area contributed by atoms with Crippen LogP contribution < -0.4 is 0 Å². The minimum Gasteiger partial charge on any atom is -0.247 e. The van der Waals surface area contributed by atoms with Crippen molar-refractivity contribution in [3.63, 3.8) is 0 Å². The van der Waals surface area contributed by atoms with Gasteiger partial charge in [0.1, 0.15) is 0 Å². The highest BCUT2D eigenvalue weighted by molar-refractivity contribution is 6.19. The second-order valence-corrected chi connectivity index (χ2v) is 29.6. The van der Waals surface area contributed by atoms with Crippen LogP contribution in [0.1, 0.15) is 0 Å². The zero-order valence-electron chi connectivity index (χ0n) is 64.4. The summed E-state index contributed by atoms with van der Waals surface area (Å²) in [6.45, 7) is 0. The van der Waals surface area contributed by atoms with E-state index in [0.29, 0.717) is 11.6 Å². The lowest BCUT2D eigenvalue weighted by molar-refractivity contribution is 1.18. The number of pyridine rings is 2. The molecule has 0 unspecified atom stereocenters. The summed E-state index contributed by atoms with van der Waals surface area (Å²) in [5.41, 5.74) is 32.0. The predicted octanol–water partition coefficient (Wildman–Crippen LogP) is 29.4. The Morgan fingerprint density at radius 3 is 0.644 bits per heavy atom. The molecule has 6 nitrogen and oxygen atoms in total. The minimum absolute atomic E-state index is 0.686. The first-order chi connectivity index (χ1) is 58.5. The van der Waals surface area contributed by atoms with E-state index in [2.05, 4.69) is 413 Å². The van der Waals surface area contributed by atoms with Crippen LogP contribution in [-0.2, 0) is 0 Å². The summed E-state index contributed by atoms with van der Waals surface area (Å²) in [5, 5.41) is 6.95. The van der Waals surface area contributed by atoms with E-state index < -0.39 is 0 Å². The Bertz CT molecular complexity index is 7060. The number of fused-ring (bicyclic) bond motifs is 6. The molecule has 0 aliphatic heterocycles. The SMILES string of the molecule is c1ccc(-c2ccc(-c3cc(-c4ccc(-c5ccc6nc(-c7ccccc7)c7cccc(-c8ccccc8)c7c6c5)cc4)nc(-c4ccc(-c5ccccc5)cc4)n3)cc2)cc1.c1ccc(-c2ccc(-c3nc(-c4ccccc4)cc(-c4ccc(-c5ccc6nc(-c7ccccc7)c7cccc(-c8ccccc8)c7c6c5)cc4)n3)cc2)cc1. The van der Waals surface area contributed by atoms with Gasteiger partial charge >= 0.3 is 0 Å². The van der Waals surface area contributed by atoms with Gasteiger partial charge in [0, 0.05) is 76.8 Å². The minimum atomic E-state index is 0.686. The first-order valence-electron chi connectivity index (χ1n) is 39.9. The van der Waals surface area contributed by atoms with Gasteiger partial charge in [-0.15, -0.1) is 0 Å². The van der Waals surface area contributed by atoms with Crippen LogP contribution in [0.25, 0.3) is 212 Å². The van der Waals surface area contributed by atoms with E-state index in [0.717, 1.165) is 145 Å². The lowest BCUT2D eigenvalue weighted by Crippen LogP contribution is -1.96. The number of hydrogen-bond donors (Lipinski definition) is 0. The van der Waals surface area contributed by atoms with E-state index in [1.165, 1.54) is 55.3 Å². The zero-order valence-corrected chi connectivity index (χ0v) is 64.4. The zero-order chi connectivity index (χ0) is 78.5. The Morgan fingerprint density at radius 1 is 0.127 bits per heavy atom. The molecule has 21 aromatic rings. The summed E-state index contributed by atoms with van der Waals surface area (Å²) in [7, 11) is 0. The molecule has 0 saturated carbocycles. The molecule has 4 heterocycles. The van der Waals surface area contributed by atoms with Crippen LogP contribution in [0.15, 0.2) is 449 Å². The van der Waals surface area contributed by atoms with Crippen molar-refractivity contribution in [3.8, 4) is 168 Å². The van der Waals surface area contributed by atoms with Gasteiger partial charge in [0.2, 0.25) is 0 Å². The third-order valence-electron chi connectivity index (χ3n) is 22.2. The van der Waals surface area contributed by atoms with Gasteiger partial charge < -0.3 is 0 Å². The van der Waals surface area contributed by atoms with Gasteiger partial charge in [0.05, 0.1) is 45.2 Å². The summed E-state index contributed by atoms with van der Waals surface area (Å²) < 4.78 is 0. The van der Waals surface area contributed by atoms with Crippen LogP contribution >= 0.6 is 0 Å². The standard InChI is InChI=1S/C59H39N3.C53H35N3/c1-5-14-40(15-6-1)42-24-30-46(31-25-42)55-39-56(62-59(61-55)49-34-28-43(29-35-49)41-16-7-2-8-17-41)47-32-26-44(27-33-47)50-36-37-54-53(38-50)57-51(45-18-9-3-10-19-45)22-13-23-52(57)58(60-54)48-20-11-4-12-21-48;1-5-14-36(15-6-1)37-26-30-43(31-27-37)53-55-49(40-18-9-3-10-19-40)35-50(56-53)41-28-24-38(25-29-41)44-32-33-48-47(34-44)51-45(39-16-7-2-8-17-39)22-13-23-46(51)52(54-48)42-20-11-4-12-21-42/h1-39H;1-35H. The molecule has 0 N–H and O–H groups in total. The molecule has 0 amide bonds. The molecular weight excluding hydrogens is 1430 g/mol. The maximum absolute atomic E-state index is 5.29. The summed E-state index contributed by atoms with van der Waals surface area (Å²) in [5.74, 6) is 1.38. The molecule has 0 spiro atoms. The summed E-state index contributed by atoms with van der Waals surface area (Å²) >= 11 is 0. The molecule has 0 atom stereocenters. The average molecular weight is 1500 g/mol. The normalized spacial score (nSPS) is 11.2. The van der Waals surface area contributed by atoms with Crippen LogP contribution in [0, 0.1) is 0 Å².